The molecule has 3 rings (SSSR count). The average Bonchev–Trinajstić information content (AvgIpc) is 2.99. The topological polar surface area (TPSA) is 56.7 Å². The Hall–Kier alpha value is -1.85. The Kier molecular flexibility index (Phi) is 3.23. The molecule has 0 spiro atoms. The predicted octanol–water partition coefficient (Wildman–Crippen LogP) is 3.85. The van der Waals surface area contributed by atoms with E-state index in [0.29, 0.717) is 5.13 Å². The number of thiazole rings is 1. The van der Waals surface area contributed by atoms with Gasteiger partial charge in [0, 0.05) is 16.0 Å². The lowest BCUT2D eigenvalue weighted by atomic mass is 10.2. The molecule has 0 aliphatic rings. The summed E-state index contributed by atoms with van der Waals surface area (Å²) in [6.07, 6.45) is 1.81. The van der Waals surface area contributed by atoms with E-state index in [4.69, 9.17) is 17.3 Å². The van der Waals surface area contributed by atoms with Crippen molar-refractivity contribution in [2.24, 2.45) is 0 Å². The smallest absolute Gasteiger partial charge is 0.180 e. The van der Waals surface area contributed by atoms with Crippen LogP contribution in [0.5, 0.6) is 0 Å². The zero-order valence-corrected chi connectivity index (χ0v) is 12.7. The zero-order valence-electron chi connectivity index (χ0n) is 11.1. The number of nitrogens with two attached hydrogens (primary N) is 1. The van der Waals surface area contributed by atoms with Gasteiger partial charge in [0.2, 0.25) is 0 Å². The summed E-state index contributed by atoms with van der Waals surface area (Å²) >= 11 is 7.60. The van der Waals surface area contributed by atoms with E-state index in [1.165, 1.54) is 11.3 Å². The minimum Gasteiger partial charge on any atom is -0.375 e. The van der Waals surface area contributed by atoms with E-state index < -0.39 is 0 Å². The molecule has 0 saturated carbocycles. The molecule has 0 unspecified atom stereocenters. The van der Waals surface area contributed by atoms with Crippen LogP contribution in [0.3, 0.4) is 0 Å². The van der Waals surface area contributed by atoms with Gasteiger partial charge in [-0.25, -0.2) is 9.67 Å². The van der Waals surface area contributed by atoms with E-state index in [9.17, 15) is 0 Å². The normalized spacial score (nSPS) is 10.9. The number of aromatic nitrogens is 3. The molecule has 0 fully saturated rings. The number of nitrogen functional groups attached to an aromatic ring is 1. The van der Waals surface area contributed by atoms with Crippen molar-refractivity contribution in [1.29, 1.82) is 0 Å². The lowest BCUT2D eigenvalue weighted by molar-refractivity contribution is 0.841. The summed E-state index contributed by atoms with van der Waals surface area (Å²) in [6, 6.07) is 5.80. The van der Waals surface area contributed by atoms with Gasteiger partial charge in [0.15, 0.2) is 5.13 Å². The minimum absolute atomic E-state index is 0.561. The summed E-state index contributed by atoms with van der Waals surface area (Å²) in [7, 11) is 0. The van der Waals surface area contributed by atoms with Gasteiger partial charge in [-0.1, -0.05) is 17.7 Å². The predicted molar refractivity (Wildman–Crippen MR) is 83.6 cm³/mol. The third-order valence-corrected chi connectivity index (χ3v) is 4.36. The second-order valence-electron chi connectivity index (χ2n) is 4.51. The molecule has 2 aromatic heterocycles. The summed E-state index contributed by atoms with van der Waals surface area (Å²) < 4.78 is 1.88. The van der Waals surface area contributed by atoms with Gasteiger partial charge >= 0.3 is 0 Å². The Bertz CT molecular complexity index is 775. The van der Waals surface area contributed by atoms with Crippen LogP contribution in [0.25, 0.3) is 16.9 Å². The Morgan fingerprint density at radius 3 is 2.80 bits per heavy atom. The van der Waals surface area contributed by atoms with Crippen molar-refractivity contribution in [2.45, 2.75) is 13.8 Å². The molecule has 20 heavy (non-hydrogen) atoms. The van der Waals surface area contributed by atoms with Crippen LogP contribution in [0, 0.1) is 13.8 Å². The Morgan fingerprint density at radius 2 is 2.10 bits per heavy atom. The molecule has 4 nitrogen and oxygen atoms in total. The van der Waals surface area contributed by atoms with Crippen LogP contribution < -0.4 is 5.73 Å². The van der Waals surface area contributed by atoms with Gasteiger partial charge in [0.05, 0.1) is 23.3 Å². The van der Waals surface area contributed by atoms with Crippen LogP contribution in [0.15, 0.2) is 29.8 Å². The summed E-state index contributed by atoms with van der Waals surface area (Å²) in [5, 5.41) is 7.69. The highest BCUT2D eigenvalue weighted by Crippen LogP contribution is 2.29. The van der Waals surface area contributed by atoms with Crippen LogP contribution in [0.4, 0.5) is 5.13 Å². The van der Waals surface area contributed by atoms with Crippen LogP contribution in [0.2, 0.25) is 5.02 Å². The Morgan fingerprint density at radius 1 is 1.30 bits per heavy atom. The molecule has 0 atom stereocenters. The van der Waals surface area contributed by atoms with Crippen molar-refractivity contribution >= 4 is 28.1 Å². The van der Waals surface area contributed by atoms with Crippen molar-refractivity contribution in [3.63, 3.8) is 0 Å². The standard InChI is InChI=1S/C14H13ClN4S/c1-8-11(15)4-3-5-13(8)19-9(2)10(6-17-19)12-7-20-14(16)18-12/h3-7H,1-2H3,(H2,16,18). The molecule has 6 heteroatoms. The fourth-order valence-corrected chi connectivity index (χ4v) is 2.87. The maximum Gasteiger partial charge on any atom is 0.180 e. The first-order valence-electron chi connectivity index (χ1n) is 6.09. The molecule has 0 saturated heterocycles. The molecular weight excluding hydrogens is 292 g/mol. The number of nitrogens with zero attached hydrogens (tertiary/aromatic N) is 3. The number of rotatable bonds is 2. The first-order valence-corrected chi connectivity index (χ1v) is 7.35. The van der Waals surface area contributed by atoms with Gasteiger partial charge in [-0.15, -0.1) is 11.3 Å². The average molecular weight is 305 g/mol. The zero-order chi connectivity index (χ0) is 14.3. The highest BCUT2D eigenvalue weighted by molar-refractivity contribution is 7.13. The maximum absolute atomic E-state index is 6.17. The molecule has 0 bridgehead atoms. The summed E-state index contributed by atoms with van der Waals surface area (Å²) in [4.78, 5) is 4.31. The fraction of sp³-hybridized carbons (Fsp3) is 0.143. The first kappa shape index (κ1) is 13.1. The van der Waals surface area contributed by atoms with Crippen LogP contribution in [0.1, 0.15) is 11.3 Å². The highest BCUT2D eigenvalue weighted by atomic mass is 35.5. The number of anilines is 1. The SMILES string of the molecule is Cc1c(Cl)cccc1-n1ncc(-c2csc(N)n2)c1C. The van der Waals surface area contributed by atoms with Crippen molar-refractivity contribution < 1.29 is 0 Å². The van der Waals surface area contributed by atoms with Crippen LogP contribution in [-0.4, -0.2) is 14.8 Å². The van der Waals surface area contributed by atoms with Gasteiger partial charge in [-0.05, 0) is 31.5 Å². The second kappa shape index (κ2) is 4.92. The quantitative estimate of drug-likeness (QED) is 0.782. The fourth-order valence-electron chi connectivity index (χ4n) is 2.14. The van der Waals surface area contributed by atoms with E-state index >= 15 is 0 Å². The minimum atomic E-state index is 0.561. The molecule has 0 aliphatic carbocycles. The molecular formula is C14H13ClN4S. The number of halogens is 1. The molecule has 0 aliphatic heterocycles. The van der Waals surface area contributed by atoms with Crippen molar-refractivity contribution in [3.8, 4) is 16.9 Å². The molecule has 1 aromatic carbocycles. The van der Waals surface area contributed by atoms with E-state index in [0.717, 1.165) is 33.2 Å². The lowest BCUT2D eigenvalue weighted by Gasteiger charge is -2.09. The van der Waals surface area contributed by atoms with Gasteiger partial charge in [-0.2, -0.15) is 5.10 Å². The number of benzene rings is 1. The van der Waals surface area contributed by atoms with E-state index in [1.807, 2.05) is 48.3 Å². The summed E-state index contributed by atoms with van der Waals surface area (Å²) in [6.45, 7) is 4.00. The largest absolute Gasteiger partial charge is 0.375 e. The molecule has 3 aromatic rings. The molecule has 102 valence electrons. The number of hydrogen-bond donors (Lipinski definition) is 1. The Balaban J connectivity index is 2.13. The second-order valence-corrected chi connectivity index (χ2v) is 5.81. The molecule has 0 radical (unpaired) electrons. The Labute approximate surface area is 125 Å². The van der Waals surface area contributed by atoms with Crippen molar-refractivity contribution in [2.75, 3.05) is 5.73 Å². The van der Waals surface area contributed by atoms with E-state index in [2.05, 4.69) is 10.1 Å². The molecule has 2 heterocycles. The monoisotopic (exact) mass is 304 g/mol. The lowest BCUT2D eigenvalue weighted by Crippen LogP contribution is -2.01. The molecule has 2 N–H and O–H groups in total. The third-order valence-electron chi connectivity index (χ3n) is 3.27. The third kappa shape index (κ3) is 2.09. The van der Waals surface area contributed by atoms with E-state index in [-0.39, 0.29) is 0 Å². The van der Waals surface area contributed by atoms with Gasteiger partial charge in [0.1, 0.15) is 0 Å². The van der Waals surface area contributed by atoms with Crippen molar-refractivity contribution in [1.82, 2.24) is 14.8 Å². The van der Waals surface area contributed by atoms with Gasteiger partial charge in [-0.3, -0.25) is 0 Å². The van der Waals surface area contributed by atoms with Crippen LogP contribution >= 0.6 is 22.9 Å². The highest BCUT2D eigenvalue weighted by Gasteiger charge is 2.14. The summed E-state index contributed by atoms with van der Waals surface area (Å²) in [5.41, 5.74) is 10.5. The van der Waals surface area contributed by atoms with Crippen LogP contribution in [-0.2, 0) is 0 Å². The summed E-state index contributed by atoms with van der Waals surface area (Å²) in [5.74, 6) is 0. The van der Waals surface area contributed by atoms with Gasteiger partial charge in [0.25, 0.3) is 0 Å². The van der Waals surface area contributed by atoms with Gasteiger partial charge < -0.3 is 5.73 Å². The van der Waals surface area contributed by atoms with E-state index in [1.54, 1.807) is 0 Å². The number of hydrogen-bond acceptors (Lipinski definition) is 4. The first-order chi connectivity index (χ1) is 9.58. The van der Waals surface area contributed by atoms with Crippen molar-refractivity contribution in [3.05, 3.63) is 46.1 Å². The molecule has 0 amide bonds. The maximum atomic E-state index is 6.17.